The fraction of sp³-hybridized carbons (Fsp3) is 0.576. The predicted molar refractivity (Wildman–Crippen MR) is 167 cm³/mol. The van der Waals surface area contributed by atoms with Crippen LogP contribution in [0.3, 0.4) is 0 Å². The number of primary amides is 1. The Bertz CT molecular complexity index is 1420. The second-order valence-corrected chi connectivity index (χ2v) is 13.1. The highest BCUT2D eigenvalue weighted by molar-refractivity contribution is 6.38. The molecule has 1 aromatic heterocycles. The molecular formula is C33H44N6O6. The molecule has 3 fully saturated rings. The maximum atomic E-state index is 13.8. The van der Waals surface area contributed by atoms with E-state index < -0.39 is 47.0 Å². The van der Waals surface area contributed by atoms with E-state index in [4.69, 9.17) is 5.73 Å². The van der Waals surface area contributed by atoms with E-state index in [1.807, 2.05) is 24.3 Å². The Hall–Kier alpha value is -4.22. The summed E-state index contributed by atoms with van der Waals surface area (Å²) in [6, 6.07) is 6.90. The number of Topliss-reactive ketones (excluding diaryl/α,β-unsaturated/α-hetero) is 1. The number of aromatic nitrogens is 1. The van der Waals surface area contributed by atoms with E-state index >= 15 is 0 Å². The highest BCUT2D eigenvalue weighted by Crippen LogP contribution is 2.36. The molecule has 2 aromatic rings. The molecule has 2 unspecified atom stereocenters. The number of nitrogens with zero attached hydrogens (tertiary/aromatic N) is 1. The summed E-state index contributed by atoms with van der Waals surface area (Å²) in [5, 5.41) is 9.45. The lowest BCUT2D eigenvalue weighted by atomic mass is 9.81. The number of carbonyl (C=O) groups is 6. The van der Waals surface area contributed by atoms with E-state index in [9.17, 15) is 28.8 Å². The van der Waals surface area contributed by atoms with E-state index in [0.29, 0.717) is 50.4 Å². The molecule has 1 aromatic carbocycles. The first-order chi connectivity index (χ1) is 21.5. The van der Waals surface area contributed by atoms with Gasteiger partial charge in [-0.25, -0.2) is 0 Å². The van der Waals surface area contributed by atoms with Gasteiger partial charge >= 0.3 is 0 Å². The van der Waals surface area contributed by atoms with Gasteiger partial charge in [-0.05, 0) is 56.6 Å². The minimum atomic E-state index is -1.32. The highest BCUT2D eigenvalue weighted by Gasteiger charge is 2.47. The number of hydrogen-bond donors (Lipinski definition) is 5. The van der Waals surface area contributed by atoms with Crippen molar-refractivity contribution in [3.8, 4) is 0 Å². The van der Waals surface area contributed by atoms with Crippen LogP contribution in [0, 0.1) is 11.8 Å². The molecule has 0 radical (unpaired) electrons. The number of nitrogens with two attached hydrogens (primary N) is 1. The van der Waals surface area contributed by atoms with Gasteiger partial charge in [0.1, 0.15) is 11.7 Å². The van der Waals surface area contributed by atoms with Crippen molar-refractivity contribution in [2.45, 2.75) is 95.2 Å². The monoisotopic (exact) mass is 620 g/mol. The van der Waals surface area contributed by atoms with Gasteiger partial charge in [-0.2, -0.15) is 0 Å². The average molecular weight is 621 g/mol. The quantitative estimate of drug-likeness (QED) is 0.240. The summed E-state index contributed by atoms with van der Waals surface area (Å²) in [6.45, 7) is 2.55. The van der Waals surface area contributed by atoms with Crippen LogP contribution in [-0.4, -0.2) is 75.9 Å². The van der Waals surface area contributed by atoms with Crippen molar-refractivity contribution in [3.63, 3.8) is 0 Å². The van der Waals surface area contributed by atoms with Gasteiger partial charge in [0, 0.05) is 42.4 Å². The Labute approximate surface area is 262 Å². The summed E-state index contributed by atoms with van der Waals surface area (Å²) >= 11 is 0. The molecule has 242 valence electrons. The van der Waals surface area contributed by atoms with Crippen LogP contribution in [0.1, 0.15) is 88.0 Å². The molecule has 5 amide bonds. The largest absolute Gasteiger partial charge is 0.363 e. The van der Waals surface area contributed by atoms with Crippen LogP contribution in [0.5, 0.6) is 0 Å². The number of amides is 5. The fourth-order valence-corrected chi connectivity index (χ4v) is 7.29. The number of rotatable bonds is 11. The Morgan fingerprint density at radius 3 is 2.40 bits per heavy atom. The third-order valence-corrected chi connectivity index (χ3v) is 9.94. The number of aromatic amines is 1. The van der Waals surface area contributed by atoms with Gasteiger partial charge in [0.2, 0.25) is 23.5 Å². The van der Waals surface area contributed by atoms with Gasteiger partial charge in [0.15, 0.2) is 0 Å². The van der Waals surface area contributed by atoms with Crippen molar-refractivity contribution in [2.75, 3.05) is 13.1 Å². The summed E-state index contributed by atoms with van der Waals surface area (Å²) in [5.74, 6) is -3.72. The van der Waals surface area contributed by atoms with Crippen molar-refractivity contribution in [1.29, 1.82) is 0 Å². The minimum Gasteiger partial charge on any atom is -0.363 e. The van der Waals surface area contributed by atoms with Crippen LogP contribution in [-0.2, 0) is 24.0 Å². The van der Waals surface area contributed by atoms with Crippen molar-refractivity contribution >= 4 is 46.2 Å². The number of fused-ring (bicyclic) bond motifs is 1. The number of hydrogen-bond acceptors (Lipinski definition) is 6. The molecule has 12 nitrogen and oxygen atoms in total. The lowest BCUT2D eigenvalue weighted by molar-refractivity contribution is -0.139. The molecule has 6 N–H and O–H groups in total. The Morgan fingerprint density at radius 2 is 1.73 bits per heavy atom. The first kappa shape index (κ1) is 32.2. The first-order valence-electron chi connectivity index (χ1n) is 16.1. The lowest BCUT2D eigenvalue weighted by Crippen LogP contribution is -2.54. The van der Waals surface area contributed by atoms with Crippen molar-refractivity contribution < 1.29 is 28.8 Å². The molecule has 2 aliphatic heterocycles. The Morgan fingerprint density at radius 1 is 1.02 bits per heavy atom. The number of likely N-dealkylation sites (tertiary alicyclic amines) is 1. The molecular weight excluding hydrogens is 576 g/mol. The number of piperidine rings is 1. The zero-order valence-corrected chi connectivity index (χ0v) is 25.9. The molecule has 1 aliphatic carbocycles. The van der Waals surface area contributed by atoms with Crippen LogP contribution >= 0.6 is 0 Å². The number of ketones is 1. The lowest BCUT2D eigenvalue weighted by Gasteiger charge is -2.39. The van der Waals surface area contributed by atoms with E-state index in [1.165, 1.54) is 13.3 Å². The predicted octanol–water partition coefficient (Wildman–Crippen LogP) is 2.07. The fourth-order valence-electron chi connectivity index (χ4n) is 7.29. The third-order valence-electron chi connectivity index (χ3n) is 9.94. The molecule has 5 rings (SSSR count). The minimum absolute atomic E-state index is 0.0183. The zero-order valence-electron chi connectivity index (χ0n) is 25.9. The van der Waals surface area contributed by atoms with Crippen molar-refractivity contribution in [2.24, 2.45) is 17.6 Å². The number of para-hydroxylation sites is 1. The van der Waals surface area contributed by atoms with Crippen LogP contribution in [0.4, 0.5) is 0 Å². The number of H-pyrrole nitrogens is 1. The first-order valence-corrected chi connectivity index (χ1v) is 16.1. The smallest absolute Gasteiger partial charge is 0.287 e. The van der Waals surface area contributed by atoms with Crippen LogP contribution in [0.15, 0.2) is 30.3 Å². The van der Waals surface area contributed by atoms with Crippen LogP contribution in [0.25, 0.3) is 10.9 Å². The van der Waals surface area contributed by atoms with Gasteiger partial charge in [0.05, 0.1) is 6.04 Å². The second kappa shape index (κ2) is 13.8. The molecule has 3 heterocycles. The summed E-state index contributed by atoms with van der Waals surface area (Å²) in [4.78, 5) is 81.8. The molecule has 2 saturated heterocycles. The van der Waals surface area contributed by atoms with Crippen molar-refractivity contribution in [3.05, 3.63) is 36.0 Å². The summed E-state index contributed by atoms with van der Waals surface area (Å²) in [6.07, 6.45) is 8.17. The number of benzene rings is 1. The third kappa shape index (κ3) is 7.72. The Kier molecular flexibility index (Phi) is 9.89. The second-order valence-electron chi connectivity index (χ2n) is 13.1. The van der Waals surface area contributed by atoms with E-state index in [0.717, 1.165) is 43.0 Å². The van der Waals surface area contributed by atoms with Crippen LogP contribution in [0.2, 0.25) is 0 Å². The molecule has 1 spiro atoms. The van der Waals surface area contributed by atoms with Crippen molar-refractivity contribution in [1.82, 2.24) is 25.8 Å². The highest BCUT2D eigenvalue weighted by atomic mass is 16.2. The molecule has 45 heavy (non-hydrogen) atoms. The standard InChI is InChI=1S/C33H44N6O6/c1-20(40)39-15-13-33(14-16-39)19-23(30(43)38-33)18-26(28(41)29(34)42)37-31(44)25(12-11-21-7-3-2-4-8-21)36-32(45)27-17-22-9-5-6-10-24(22)35-27/h5-6,9-10,17,21,23,25-26,35H,2-4,7-8,11-16,18-19H2,1H3,(H2,34,42)(H,36,45)(H,37,44)(H,38,43)/t23?,25-,26?/m1/s1. The normalized spacial score (nSPS) is 21.2. The molecule has 3 aliphatic rings. The Balaban J connectivity index is 1.29. The molecule has 12 heteroatoms. The van der Waals surface area contributed by atoms with Gasteiger partial charge in [0.25, 0.3) is 11.8 Å². The van der Waals surface area contributed by atoms with Crippen LogP contribution < -0.4 is 21.7 Å². The van der Waals surface area contributed by atoms with Gasteiger partial charge in [-0.1, -0.05) is 50.3 Å². The topological polar surface area (TPSA) is 184 Å². The SMILES string of the molecule is CC(=O)N1CCC2(CC1)CC(CC(NC(=O)[C@@H](CCC1CCCCC1)NC(=O)c1cc3ccccc3[nH]1)C(=O)C(N)=O)C(=O)N2. The maximum absolute atomic E-state index is 13.8. The molecule has 0 bridgehead atoms. The number of nitrogens with one attached hydrogen (secondary N) is 4. The van der Waals surface area contributed by atoms with Gasteiger partial charge < -0.3 is 31.6 Å². The molecule has 1 saturated carbocycles. The number of carbonyl (C=O) groups excluding carboxylic acids is 6. The summed E-state index contributed by atoms with van der Waals surface area (Å²) in [5.41, 5.74) is 5.96. The summed E-state index contributed by atoms with van der Waals surface area (Å²) in [7, 11) is 0. The average Bonchev–Trinajstić information content (AvgIpc) is 3.59. The van der Waals surface area contributed by atoms with E-state index in [1.54, 1.807) is 11.0 Å². The molecule has 3 atom stereocenters. The van der Waals surface area contributed by atoms with E-state index in [-0.39, 0.29) is 18.2 Å². The zero-order chi connectivity index (χ0) is 32.1. The maximum Gasteiger partial charge on any atom is 0.287 e. The van der Waals surface area contributed by atoms with E-state index in [2.05, 4.69) is 20.9 Å². The van der Waals surface area contributed by atoms with Gasteiger partial charge in [-0.3, -0.25) is 28.8 Å². The van der Waals surface area contributed by atoms with Gasteiger partial charge in [-0.15, -0.1) is 0 Å². The summed E-state index contributed by atoms with van der Waals surface area (Å²) < 4.78 is 0.